The van der Waals surface area contributed by atoms with E-state index in [0.29, 0.717) is 22.9 Å². The van der Waals surface area contributed by atoms with Crippen molar-refractivity contribution in [1.29, 1.82) is 0 Å². The van der Waals surface area contributed by atoms with Gasteiger partial charge >= 0.3 is 0 Å². The summed E-state index contributed by atoms with van der Waals surface area (Å²) >= 11 is 0. The molecule has 3 aromatic rings. The van der Waals surface area contributed by atoms with Crippen LogP contribution in [0.25, 0.3) is 11.3 Å². The van der Waals surface area contributed by atoms with Gasteiger partial charge in [-0.3, -0.25) is 4.79 Å². The molecule has 0 spiro atoms. The minimum Gasteiger partial charge on any atom is -0.480 e. The van der Waals surface area contributed by atoms with Crippen LogP contribution in [0.3, 0.4) is 0 Å². The molecule has 0 unspecified atom stereocenters. The van der Waals surface area contributed by atoms with E-state index in [2.05, 4.69) is 4.98 Å². The van der Waals surface area contributed by atoms with Crippen LogP contribution in [-0.4, -0.2) is 25.0 Å². The fourth-order valence-corrected chi connectivity index (χ4v) is 2.33. The highest BCUT2D eigenvalue weighted by Crippen LogP contribution is 2.28. The predicted octanol–water partition coefficient (Wildman–Crippen LogP) is 3.77. The fraction of sp³-hybridized carbons (Fsp3) is 0.111. The number of hydrogen-bond donors (Lipinski definition) is 0. The summed E-state index contributed by atoms with van der Waals surface area (Å²) in [4.78, 5) is 18.0. The Bertz CT molecular complexity index is 876. The van der Waals surface area contributed by atoms with E-state index in [-0.39, 0.29) is 11.7 Å². The zero-order chi connectivity index (χ0) is 17.1. The van der Waals surface area contributed by atoms with Crippen LogP contribution in [0.1, 0.15) is 10.6 Å². The second kappa shape index (κ2) is 6.54. The molecule has 0 aliphatic carbocycles. The molecule has 3 rings (SSSR count). The van der Waals surface area contributed by atoms with E-state index in [4.69, 9.17) is 9.15 Å². The summed E-state index contributed by atoms with van der Waals surface area (Å²) in [6, 6.07) is 12.7. The van der Waals surface area contributed by atoms with Crippen LogP contribution in [0.5, 0.6) is 5.88 Å². The van der Waals surface area contributed by atoms with Gasteiger partial charge in [-0.25, -0.2) is 9.37 Å². The van der Waals surface area contributed by atoms with Gasteiger partial charge in [0.1, 0.15) is 17.3 Å². The lowest BCUT2D eigenvalue weighted by atomic mass is 10.1. The first-order valence-electron chi connectivity index (χ1n) is 7.23. The van der Waals surface area contributed by atoms with Crippen LogP contribution in [0.15, 0.2) is 59.1 Å². The maximum absolute atomic E-state index is 13.8. The summed E-state index contributed by atoms with van der Waals surface area (Å²) in [5.74, 6) is -0.0732. The second-order valence-electron chi connectivity index (χ2n) is 5.04. The van der Waals surface area contributed by atoms with Gasteiger partial charge in [0.15, 0.2) is 5.76 Å². The number of hydrogen-bond acceptors (Lipinski definition) is 4. The Morgan fingerprint density at radius 1 is 1.17 bits per heavy atom. The number of nitrogens with zero attached hydrogens (tertiary/aromatic N) is 2. The largest absolute Gasteiger partial charge is 0.480 e. The molecule has 1 aromatic carbocycles. The third kappa shape index (κ3) is 2.86. The number of rotatable bonds is 4. The predicted molar refractivity (Wildman–Crippen MR) is 87.6 cm³/mol. The number of anilines is 1. The lowest BCUT2D eigenvalue weighted by Crippen LogP contribution is -2.26. The van der Waals surface area contributed by atoms with Gasteiger partial charge in [0.05, 0.1) is 12.7 Å². The minimum absolute atomic E-state index is 0.0988. The Morgan fingerprint density at radius 2 is 1.96 bits per heavy atom. The molecule has 5 nitrogen and oxygen atoms in total. The van der Waals surface area contributed by atoms with Crippen LogP contribution < -0.4 is 9.64 Å². The number of carbonyl (C=O) groups is 1. The van der Waals surface area contributed by atoms with Gasteiger partial charge in [0.25, 0.3) is 5.91 Å². The normalized spacial score (nSPS) is 10.5. The van der Waals surface area contributed by atoms with Crippen LogP contribution in [-0.2, 0) is 0 Å². The van der Waals surface area contributed by atoms with Crippen LogP contribution in [0.2, 0.25) is 0 Å². The molecule has 0 atom stereocenters. The molecule has 0 aliphatic heterocycles. The molecule has 24 heavy (non-hydrogen) atoms. The van der Waals surface area contributed by atoms with Gasteiger partial charge in [0, 0.05) is 13.2 Å². The third-order valence-electron chi connectivity index (χ3n) is 3.57. The smallest absolute Gasteiger partial charge is 0.293 e. The summed E-state index contributed by atoms with van der Waals surface area (Å²) in [5, 5.41) is 0. The highest BCUT2D eigenvalue weighted by molar-refractivity contribution is 6.04. The zero-order valence-corrected chi connectivity index (χ0v) is 13.2. The molecule has 0 saturated carbocycles. The molecule has 0 fully saturated rings. The van der Waals surface area contributed by atoms with Gasteiger partial charge < -0.3 is 14.1 Å². The topological polar surface area (TPSA) is 55.6 Å². The number of ether oxygens (including phenoxy) is 1. The molecule has 0 aliphatic rings. The molecule has 0 saturated heterocycles. The number of aromatic nitrogens is 1. The van der Waals surface area contributed by atoms with Crippen LogP contribution >= 0.6 is 0 Å². The van der Waals surface area contributed by atoms with E-state index < -0.39 is 5.82 Å². The van der Waals surface area contributed by atoms with E-state index in [1.165, 1.54) is 24.1 Å². The van der Waals surface area contributed by atoms with Gasteiger partial charge in [0.2, 0.25) is 5.88 Å². The Labute approximate surface area is 138 Å². The number of carbonyl (C=O) groups excluding carboxylic acids is 1. The molecule has 2 aromatic heterocycles. The Kier molecular flexibility index (Phi) is 4.29. The Balaban J connectivity index is 1.90. The van der Waals surface area contributed by atoms with Crippen molar-refractivity contribution in [2.75, 3.05) is 19.1 Å². The highest BCUT2D eigenvalue weighted by Gasteiger charge is 2.21. The quantitative estimate of drug-likeness (QED) is 0.732. The fourth-order valence-electron chi connectivity index (χ4n) is 2.33. The van der Waals surface area contributed by atoms with E-state index >= 15 is 0 Å². The second-order valence-corrected chi connectivity index (χ2v) is 5.04. The first-order valence-corrected chi connectivity index (χ1v) is 7.23. The Hall–Kier alpha value is -3.15. The van der Waals surface area contributed by atoms with Crippen molar-refractivity contribution in [3.8, 4) is 17.2 Å². The van der Waals surface area contributed by atoms with Crippen molar-refractivity contribution in [1.82, 2.24) is 4.98 Å². The number of methoxy groups -OCH3 is 1. The summed E-state index contributed by atoms with van der Waals surface area (Å²) in [7, 11) is 3.07. The van der Waals surface area contributed by atoms with E-state index in [9.17, 15) is 9.18 Å². The van der Waals surface area contributed by atoms with Crippen molar-refractivity contribution in [2.45, 2.75) is 0 Å². The van der Waals surface area contributed by atoms with Gasteiger partial charge in [-0.1, -0.05) is 12.1 Å². The first kappa shape index (κ1) is 15.7. The lowest BCUT2D eigenvalue weighted by molar-refractivity contribution is 0.0966. The number of pyridine rings is 1. The molecule has 1 amide bonds. The van der Waals surface area contributed by atoms with E-state index in [0.717, 1.165) is 0 Å². The third-order valence-corrected chi connectivity index (χ3v) is 3.57. The minimum atomic E-state index is -0.409. The summed E-state index contributed by atoms with van der Waals surface area (Å²) < 4.78 is 24.5. The summed E-state index contributed by atoms with van der Waals surface area (Å²) in [6.07, 6.45) is 1.57. The van der Waals surface area contributed by atoms with Crippen molar-refractivity contribution >= 4 is 11.6 Å². The summed E-state index contributed by atoms with van der Waals surface area (Å²) in [5.41, 5.74) is 0.812. The summed E-state index contributed by atoms with van der Waals surface area (Å²) in [6.45, 7) is 0. The molecule has 0 N–H and O–H groups in total. The SMILES string of the molecule is COc1ncccc1N(C)C(=O)c1ccc(-c2ccccc2F)o1. The molecular weight excluding hydrogens is 311 g/mol. The van der Waals surface area contributed by atoms with E-state index in [1.807, 2.05) is 0 Å². The average molecular weight is 326 g/mol. The maximum atomic E-state index is 13.8. The van der Waals surface area contributed by atoms with E-state index in [1.54, 1.807) is 49.6 Å². The van der Waals surface area contributed by atoms with Gasteiger partial charge in [-0.05, 0) is 36.4 Å². The van der Waals surface area contributed by atoms with Crippen molar-refractivity contribution < 1.29 is 18.3 Å². The van der Waals surface area contributed by atoms with Crippen LogP contribution in [0, 0.1) is 5.82 Å². The first-order chi connectivity index (χ1) is 11.6. The van der Waals surface area contributed by atoms with Crippen LogP contribution in [0.4, 0.5) is 10.1 Å². The van der Waals surface area contributed by atoms with Crippen molar-refractivity contribution in [3.05, 3.63) is 66.3 Å². The molecule has 2 heterocycles. The highest BCUT2D eigenvalue weighted by atomic mass is 19.1. The zero-order valence-electron chi connectivity index (χ0n) is 13.2. The molecule has 0 bridgehead atoms. The maximum Gasteiger partial charge on any atom is 0.293 e. The lowest BCUT2D eigenvalue weighted by Gasteiger charge is -2.17. The number of benzene rings is 1. The average Bonchev–Trinajstić information content (AvgIpc) is 3.10. The number of furan rings is 1. The monoisotopic (exact) mass is 326 g/mol. The molecular formula is C18H15FN2O3. The molecule has 0 radical (unpaired) electrons. The van der Waals surface area contributed by atoms with Gasteiger partial charge in [-0.15, -0.1) is 0 Å². The molecule has 6 heteroatoms. The molecule has 122 valence electrons. The van der Waals surface area contributed by atoms with Crippen molar-refractivity contribution in [3.63, 3.8) is 0 Å². The number of amides is 1. The van der Waals surface area contributed by atoms with Crippen molar-refractivity contribution in [2.24, 2.45) is 0 Å². The standard InChI is InChI=1S/C18H15FN2O3/c1-21(14-8-5-11-20-17(14)23-2)18(22)16-10-9-15(24-16)12-6-3-4-7-13(12)19/h3-11H,1-2H3. The Morgan fingerprint density at radius 3 is 2.71 bits per heavy atom. The number of halogens is 1. The van der Waals surface area contributed by atoms with Gasteiger partial charge in [-0.2, -0.15) is 0 Å².